The molecule has 2 nitrogen and oxygen atoms in total. The number of aliphatic imine (C=N–C) groups is 2. The first kappa shape index (κ1) is 5.83. The lowest BCUT2D eigenvalue weighted by Gasteiger charge is -2.09. The van der Waals surface area contributed by atoms with Crippen molar-refractivity contribution in [2.75, 3.05) is 6.54 Å². The van der Waals surface area contributed by atoms with Gasteiger partial charge in [-0.15, -0.1) is 0 Å². The van der Waals surface area contributed by atoms with E-state index in [9.17, 15) is 0 Å². The van der Waals surface area contributed by atoms with Crippen LogP contribution >= 0.6 is 0 Å². The molecular formula is C8H10N2+. The van der Waals surface area contributed by atoms with Crippen LogP contribution in [0.2, 0.25) is 0 Å². The lowest BCUT2D eigenvalue weighted by molar-refractivity contribution is 0.801. The van der Waals surface area contributed by atoms with E-state index < -0.39 is 0 Å². The lowest BCUT2D eigenvalue weighted by Crippen LogP contribution is -2.11. The highest BCUT2D eigenvalue weighted by molar-refractivity contribution is 5.83. The van der Waals surface area contributed by atoms with Crippen molar-refractivity contribution in [1.82, 2.24) is 4.99 Å². The van der Waals surface area contributed by atoms with E-state index in [-0.39, 0.29) is 0 Å². The standard InChI is InChI=1S/C8H10N2/c1-2-7-3-5-9-6-8(7)10-4-1/h4,6H,1-3,5H2/q+1. The SMILES string of the molecule is C1=NC2=C(CC1)CC[N+]=C2. The zero-order valence-corrected chi connectivity index (χ0v) is 5.88. The summed E-state index contributed by atoms with van der Waals surface area (Å²) in [5, 5.41) is 0. The Bertz CT molecular complexity index is 201. The van der Waals surface area contributed by atoms with Crippen molar-refractivity contribution in [3.8, 4) is 0 Å². The van der Waals surface area contributed by atoms with Crippen LogP contribution in [0.4, 0.5) is 0 Å². The van der Waals surface area contributed by atoms with Crippen molar-refractivity contribution in [2.45, 2.75) is 19.3 Å². The zero-order chi connectivity index (χ0) is 6.81. The average Bonchev–Trinajstić information content (AvgIpc) is 2.05. The molecule has 0 unspecified atom stereocenters. The molecular weight excluding hydrogens is 124 g/mol. The number of dihydropyridines is 1. The number of hydrogen-bond acceptors (Lipinski definition) is 2. The summed E-state index contributed by atoms with van der Waals surface area (Å²) in [6.07, 6.45) is 7.32. The van der Waals surface area contributed by atoms with Gasteiger partial charge in [-0.2, -0.15) is 0 Å². The van der Waals surface area contributed by atoms with E-state index >= 15 is 0 Å². The maximum Gasteiger partial charge on any atom is 0.260 e. The maximum absolute atomic E-state index is 4.26. The van der Waals surface area contributed by atoms with E-state index in [2.05, 4.69) is 9.98 Å². The molecule has 0 aromatic carbocycles. The minimum absolute atomic E-state index is 0.967. The molecule has 0 atom stereocenters. The van der Waals surface area contributed by atoms with E-state index in [1.807, 2.05) is 12.4 Å². The number of allylic oxidation sites excluding steroid dienone is 1. The molecule has 2 rings (SSSR count). The number of nitrogens with zero attached hydrogens (tertiary/aromatic N) is 2. The summed E-state index contributed by atoms with van der Waals surface area (Å²) >= 11 is 0. The topological polar surface area (TPSA) is 26.5 Å². The first-order valence-electron chi connectivity index (χ1n) is 3.71. The third-order valence-corrected chi connectivity index (χ3v) is 1.92. The highest BCUT2D eigenvalue weighted by Gasteiger charge is 2.16. The van der Waals surface area contributed by atoms with Crippen LogP contribution in [0.1, 0.15) is 19.3 Å². The van der Waals surface area contributed by atoms with Gasteiger partial charge in [0.05, 0.1) is 0 Å². The molecule has 2 heterocycles. The fourth-order valence-corrected chi connectivity index (χ4v) is 1.35. The van der Waals surface area contributed by atoms with E-state index in [0.29, 0.717) is 0 Å². The molecule has 51 valence electrons. The quantitative estimate of drug-likeness (QED) is 0.471. The molecule has 0 aliphatic carbocycles. The predicted octanol–water partition coefficient (Wildman–Crippen LogP) is 0.915. The van der Waals surface area contributed by atoms with E-state index in [1.54, 1.807) is 0 Å². The lowest BCUT2D eigenvalue weighted by atomic mass is 10.0. The van der Waals surface area contributed by atoms with Crippen LogP contribution in [-0.2, 0) is 0 Å². The van der Waals surface area contributed by atoms with Crippen LogP contribution in [0.25, 0.3) is 0 Å². The Morgan fingerprint density at radius 1 is 1.40 bits per heavy atom. The minimum Gasteiger partial charge on any atom is -0.255 e. The Morgan fingerprint density at radius 2 is 2.40 bits per heavy atom. The molecule has 10 heavy (non-hydrogen) atoms. The first-order chi connectivity index (χ1) is 4.97. The van der Waals surface area contributed by atoms with Crippen molar-refractivity contribution < 1.29 is 0 Å². The molecule has 1 radical (unpaired) electrons. The van der Waals surface area contributed by atoms with E-state index in [1.165, 1.54) is 12.0 Å². The van der Waals surface area contributed by atoms with Gasteiger partial charge in [-0.25, -0.2) is 0 Å². The molecule has 0 spiro atoms. The van der Waals surface area contributed by atoms with E-state index in [0.717, 1.165) is 25.1 Å². The summed E-state index contributed by atoms with van der Waals surface area (Å²) in [4.78, 5) is 8.42. The van der Waals surface area contributed by atoms with Crippen LogP contribution < -0.4 is 4.99 Å². The highest BCUT2D eigenvalue weighted by Crippen LogP contribution is 2.19. The molecule has 0 fully saturated rings. The molecule has 2 heteroatoms. The fourth-order valence-electron chi connectivity index (χ4n) is 1.35. The van der Waals surface area contributed by atoms with E-state index in [4.69, 9.17) is 0 Å². The van der Waals surface area contributed by atoms with Gasteiger partial charge < -0.3 is 0 Å². The third kappa shape index (κ3) is 0.897. The Kier molecular flexibility index (Phi) is 1.38. The van der Waals surface area contributed by atoms with Crippen LogP contribution in [0, 0.1) is 0 Å². The van der Waals surface area contributed by atoms with Gasteiger partial charge in [0.15, 0.2) is 0 Å². The second-order valence-corrected chi connectivity index (χ2v) is 2.62. The van der Waals surface area contributed by atoms with Crippen LogP contribution in [0.5, 0.6) is 0 Å². The largest absolute Gasteiger partial charge is 0.260 e. The molecule has 0 aromatic rings. The Balaban J connectivity index is 2.32. The van der Waals surface area contributed by atoms with Gasteiger partial charge in [-0.3, -0.25) is 4.99 Å². The normalized spacial score (nSPS) is 23.2. The van der Waals surface area contributed by atoms with Gasteiger partial charge in [0, 0.05) is 17.6 Å². The van der Waals surface area contributed by atoms with Gasteiger partial charge >= 0.3 is 0 Å². The summed E-state index contributed by atoms with van der Waals surface area (Å²) in [5.74, 6) is 0. The number of hydrogen-bond donors (Lipinski definition) is 0. The summed E-state index contributed by atoms with van der Waals surface area (Å²) in [5.41, 5.74) is 2.62. The van der Waals surface area contributed by atoms with Gasteiger partial charge in [0.1, 0.15) is 5.70 Å². The third-order valence-electron chi connectivity index (χ3n) is 1.92. The molecule has 0 saturated heterocycles. The molecule has 0 saturated carbocycles. The molecule has 2 aliphatic rings. The zero-order valence-electron chi connectivity index (χ0n) is 5.88. The summed E-state index contributed by atoms with van der Waals surface area (Å²) < 4.78 is 0. The second kappa shape index (κ2) is 2.37. The van der Waals surface area contributed by atoms with Gasteiger partial charge in [0.25, 0.3) is 6.21 Å². The van der Waals surface area contributed by atoms with Crippen molar-refractivity contribution in [1.29, 1.82) is 0 Å². The van der Waals surface area contributed by atoms with Crippen LogP contribution in [0.3, 0.4) is 0 Å². The fraction of sp³-hybridized carbons (Fsp3) is 0.500. The van der Waals surface area contributed by atoms with Gasteiger partial charge in [-0.05, 0) is 18.4 Å². The minimum atomic E-state index is 0.967. The Hall–Kier alpha value is -0.920. The summed E-state index contributed by atoms with van der Waals surface area (Å²) in [6, 6.07) is 0. The van der Waals surface area contributed by atoms with Crippen molar-refractivity contribution in [2.24, 2.45) is 4.99 Å². The maximum atomic E-state index is 4.26. The molecule has 0 N–H and O–H groups in total. The van der Waals surface area contributed by atoms with Crippen molar-refractivity contribution in [3.63, 3.8) is 0 Å². The van der Waals surface area contributed by atoms with Gasteiger partial charge in [0.2, 0.25) is 6.54 Å². The Labute approximate surface area is 60.4 Å². The van der Waals surface area contributed by atoms with Crippen molar-refractivity contribution >= 4 is 12.4 Å². The molecule has 0 amide bonds. The molecule has 0 aromatic heterocycles. The summed E-state index contributed by atoms with van der Waals surface area (Å²) in [6.45, 7) is 0.967. The first-order valence-corrected chi connectivity index (χ1v) is 3.71. The summed E-state index contributed by atoms with van der Waals surface area (Å²) in [7, 11) is 0. The average molecular weight is 134 g/mol. The highest BCUT2D eigenvalue weighted by atomic mass is 14.8. The van der Waals surface area contributed by atoms with Crippen LogP contribution in [0.15, 0.2) is 16.3 Å². The van der Waals surface area contributed by atoms with Crippen molar-refractivity contribution in [3.05, 3.63) is 11.3 Å². The second-order valence-electron chi connectivity index (χ2n) is 2.62. The molecule has 2 aliphatic heterocycles. The smallest absolute Gasteiger partial charge is 0.255 e. The predicted molar refractivity (Wildman–Crippen MR) is 42.4 cm³/mol. The number of rotatable bonds is 0. The monoisotopic (exact) mass is 134 g/mol. The van der Waals surface area contributed by atoms with Crippen LogP contribution in [-0.4, -0.2) is 19.0 Å². The van der Waals surface area contributed by atoms with Gasteiger partial charge in [-0.1, -0.05) is 0 Å². The molecule has 0 bridgehead atoms. The Morgan fingerprint density at radius 3 is 3.30 bits per heavy atom.